The number of anilines is 1. The first-order valence-corrected chi connectivity index (χ1v) is 8.47. The van der Waals surface area contributed by atoms with Crippen LogP contribution in [-0.4, -0.2) is 39.5 Å². The average molecular weight is 413 g/mol. The lowest BCUT2D eigenvalue weighted by Crippen LogP contribution is -2.25. The highest BCUT2D eigenvalue weighted by molar-refractivity contribution is 5.94. The zero-order chi connectivity index (χ0) is 21.0. The zero-order valence-corrected chi connectivity index (χ0v) is 14.8. The average Bonchev–Trinajstić information content (AvgIpc) is 3.50. The van der Waals surface area contributed by atoms with Crippen LogP contribution < -0.4 is 15.4 Å². The van der Waals surface area contributed by atoms with Crippen molar-refractivity contribution < 1.29 is 31.9 Å². The molecule has 0 aliphatic heterocycles. The van der Waals surface area contributed by atoms with Crippen molar-refractivity contribution in [2.24, 2.45) is 5.92 Å². The molecule has 3 rings (SSSR count). The van der Waals surface area contributed by atoms with Gasteiger partial charge in [0.2, 0.25) is 11.9 Å². The maximum atomic E-state index is 13.8. The highest BCUT2D eigenvalue weighted by Gasteiger charge is 2.30. The molecular formula is C17H15F4N5O3. The van der Waals surface area contributed by atoms with E-state index >= 15 is 0 Å². The minimum absolute atomic E-state index is 0.00609. The van der Waals surface area contributed by atoms with Crippen molar-refractivity contribution in [2.45, 2.75) is 25.6 Å². The Labute approximate surface area is 161 Å². The van der Waals surface area contributed by atoms with Crippen LogP contribution in [-0.2, 0) is 11.3 Å². The second kappa shape index (κ2) is 8.37. The van der Waals surface area contributed by atoms with Gasteiger partial charge >= 0.3 is 6.18 Å². The van der Waals surface area contributed by atoms with E-state index in [-0.39, 0.29) is 35.6 Å². The Morgan fingerprint density at radius 2 is 2.00 bits per heavy atom. The Balaban J connectivity index is 1.56. The number of ether oxygens (including phenoxy) is 1. The van der Waals surface area contributed by atoms with E-state index in [4.69, 9.17) is 0 Å². The number of alkyl halides is 3. The number of halogens is 4. The smallest absolute Gasteiger partial charge is 0.422 e. The van der Waals surface area contributed by atoms with Gasteiger partial charge in [-0.3, -0.25) is 14.9 Å². The summed E-state index contributed by atoms with van der Waals surface area (Å²) in [4.78, 5) is 35.2. The number of rotatable bonds is 7. The molecule has 0 spiro atoms. The molecule has 29 heavy (non-hydrogen) atoms. The fourth-order valence-corrected chi connectivity index (χ4v) is 2.19. The first-order valence-electron chi connectivity index (χ1n) is 8.47. The molecule has 1 fully saturated rings. The molecule has 2 amide bonds. The molecule has 2 N–H and O–H groups in total. The lowest BCUT2D eigenvalue weighted by atomic mass is 10.2. The van der Waals surface area contributed by atoms with Gasteiger partial charge in [-0.15, -0.1) is 0 Å². The van der Waals surface area contributed by atoms with Crippen LogP contribution in [0.5, 0.6) is 5.88 Å². The van der Waals surface area contributed by atoms with Crippen molar-refractivity contribution >= 4 is 17.8 Å². The molecule has 2 heterocycles. The third-order valence-corrected chi connectivity index (χ3v) is 3.76. The summed E-state index contributed by atoms with van der Waals surface area (Å²) in [6, 6.07) is 2.23. The lowest BCUT2D eigenvalue weighted by molar-refractivity contribution is -0.154. The van der Waals surface area contributed by atoms with Crippen molar-refractivity contribution in [1.82, 2.24) is 20.3 Å². The Morgan fingerprint density at radius 3 is 2.66 bits per heavy atom. The number of hydrogen-bond donors (Lipinski definition) is 2. The number of hydrogen-bond acceptors (Lipinski definition) is 6. The molecule has 8 nitrogen and oxygen atoms in total. The van der Waals surface area contributed by atoms with E-state index in [1.165, 1.54) is 12.3 Å². The van der Waals surface area contributed by atoms with E-state index in [9.17, 15) is 27.2 Å². The SMILES string of the molecule is O=C(NCc1cnc(OCC(F)(F)F)c(F)c1)c1ccnc(NC(=O)C2CC2)n1. The second-order valence-electron chi connectivity index (χ2n) is 6.25. The van der Waals surface area contributed by atoms with Gasteiger partial charge in [0, 0.05) is 24.9 Å². The van der Waals surface area contributed by atoms with Crippen molar-refractivity contribution in [3.05, 3.63) is 41.6 Å². The Morgan fingerprint density at radius 1 is 1.24 bits per heavy atom. The molecule has 154 valence electrons. The van der Waals surface area contributed by atoms with E-state index in [0.29, 0.717) is 0 Å². The minimum Gasteiger partial charge on any atom is -0.466 e. The molecule has 0 radical (unpaired) electrons. The van der Waals surface area contributed by atoms with Gasteiger partial charge in [0.05, 0.1) is 0 Å². The number of nitrogens with one attached hydrogen (secondary N) is 2. The van der Waals surface area contributed by atoms with Gasteiger partial charge in [-0.1, -0.05) is 0 Å². The monoisotopic (exact) mass is 413 g/mol. The van der Waals surface area contributed by atoms with Crippen molar-refractivity contribution in [1.29, 1.82) is 0 Å². The van der Waals surface area contributed by atoms with Crippen LogP contribution >= 0.6 is 0 Å². The van der Waals surface area contributed by atoms with E-state index in [1.54, 1.807) is 0 Å². The summed E-state index contributed by atoms with van der Waals surface area (Å²) in [7, 11) is 0. The van der Waals surface area contributed by atoms with Crippen LogP contribution in [0.25, 0.3) is 0 Å². The number of pyridine rings is 1. The predicted molar refractivity (Wildman–Crippen MR) is 90.3 cm³/mol. The molecule has 0 aromatic carbocycles. The first kappa shape index (κ1) is 20.4. The van der Waals surface area contributed by atoms with Gasteiger partial charge in [-0.05, 0) is 30.5 Å². The quantitative estimate of drug-likeness (QED) is 0.675. The van der Waals surface area contributed by atoms with Crippen LogP contribution in [0, 0.1) is 11.7 Å². The van der Waals surface area contributed by atoms with Crippen molar-refractivity contribution in [3.63, 3.8) is 0 Å². The summed E-state index contributed by atoms with van der Waals surface area (Å²) in [5, 5.41) is 4.98. The fourth-order valence-electron chi connectivity index (χ4n) is 2.19. The summed E-state index contributed by atoms with van der Waals surface area (Å²) in [6.45, 7) is -1.82. The summed E-state index contributed by atoms with van der Waals surface area (Å²) in [5.41, 5.74) is 0.177. The number of carbonyl (C=O) groups is 2. The minimum atomic E-state index is -4.62. The maximum Gasteiger partial charge on any atom is 0.422 e. The van der Waals surface area contributed by atoms with E-state index in [2.05, 4.69) is 30.3 Å². The van der Waals surface area contributed by atoms with Gasteiger partial charge in [0.1, 0.15) is 5.69 Å². The number of aromatic nitrogens is 3. The van der Waals surface area contributed by atoms with E-state index in [1.807, 2.05) is 0 Å². The van der Waals surface area contributed by atoms with Crippen LogP contribution in [0.1, 0.15) is 28.9 Å². The van der Waals surface area contributed by atoms with Crippen LogP contribution in [0.4, 0.5) is 23.5 Å². The Hall–Kier alpha value is -3.31. The van der Waals surface area contributed by atoms with Crippen molar-refractivity contribution in [3.8, 4) is 5.88 Å². The standard InChI is InChI=1S/C17H15F4N5O3/c18-11-5-9(7-24-15(11)29-8-17(19,20)21)6-23-14(28)12-3-4-22-16(25-12)26-13(27)10-1-2-10/h3-5,7,10H,1-2,6,8H2,(H,23,28)(H,22,25,26,27). The summed E-state index contributed by atoms with van der Waals surface area (Å²) < 4.78 is 54.4. The fraction of sp³-hybridized carbons (Fsp3) is 0.353. The summed E-state index contributed by atoms with van der Waals surface area (Å²) in [5.74, 6) is -2.77. The van der Waals surface area contributed by atoms with E-state index in [0.717, 1.165) is 25.1 Å². The molecule has 2 aromatic rings. The van der Waals surface area contributed by atoms with Crippen LogP contribution in [0.2, 0.25) is 0 Å². The number of carbonyl (C=O) groups excluding carboxylic acids is 2. The first-order chi connectivity index (χ1) is 13.7. The van der Waals surface area contributed by atoms with Gasteiger partial charge in [0.25, 0.3) is 11.8 Å². The highest BCUT2D eigenvalue weighted by atomic mass is 19.4. The number of amides is 2. The summed E-state index contributed by atoms with van der Waals surface area (Å²) >= 11 is 0. The van der Waals surface area contributed by atoms with Gasteiger partial charge in [-0.25, -0.2) is 19.3 Å². The Bertz CT molecular complexity index is 918. The molecule has 0 atom stereocenters. The highest BCUT2D eigenvalue weighted by Crippen LogP contribution is 2.29. The predicted octanol–water partition coefficient (Wildman–Crippen LogP) is 2.23. The van der Waals surface area contributed by atoms with E-state index < -0.39 is 30.4 Å². The zero-order valence-electron chi connectivity index (χ0n) is 14.8. The topological polar surface area (TPSA) is 106 Å². The largest absolute Gasteiger partial charge is 0.466 e. The van der Waals surface area contributed by atoms with Gasteiger partial charge < -0.3 is 10.1 Å². The van der Waals surface area contributed by atoms with Gasteiger partial charge in [-0.2, -0.15) is 13.2 Å². The molecule has 0 saturated heterocycles. The molecule has 1 aliphatic carbocycles. The lowest BCUT2D eigenvalue weighted by Gasteiger charge is -2.10. The summed E-state index contributed by atoms with van der Waals surface area (Å²) in [6.07, 6.45) is -0.628. The molecule has 0 bridgehead atoms. The molecule has 1 aliphatic rings. The third kappa shape index (κ3) is 6.09. The molecular weight excluding hydrogens is 398 g/mol. The molecule has 0 unspecified atom stereocenters. The molecule has 12 heteroatoms. The molecule has 1 saturated carbocycles. The maximum absolute atomic E-state index is 13.8. The second-order valence-corrected chi connectivity index (χ2v) is 6.25. The van der Waals surface area contributed by atoms with Crippen LogP contribution in [0.15, 0.2) is 24.5 Å². The van der Waals surface area contributed by atoms with Gasteiger partial charge in [0.15, 0.2) is 12.4 Å². The number of nitrogens with zero attached hydrogens (tertiary/aromatic N) is 3. The Kier molecular flexibility index (Phi) is 5.89. The normalized spacial score (nSPS) is 13.7. The molecule has 2 aromatic heterocycles. The van der Waals surface area contributed by atoms with Crippen LogP contribution in [0.3, 0.4) is 0 Å². The van der Waals surface area contributed by atoms with Crippen molar-refractivity contribution in [2.75, 3.05) is 11.9 Å². The third-order valence-electron chi connectivity index (χ3n) is 3.76.